The maximum Gasteiger partial charge on any atom is 0.534 e. The van der Waals surface area contributed by atoms with Crippen LogP contribution in [0.5, 0.6) is 5.75 Å². The average molecular weight is 393 g/mol. The number of amides is 1. The van der Waals surface area contributed by atoms with Gasteiger partial charge in [-0.1, -0.05) is 24.3 Å². The van der Waals surface area contributed by atoms with E-state index in [9.17, 15) is 9.59 Å². The minimum atomic E-state index is -0.985. The van der Waals surface area contributed by atoms with Crippen molar-refractivity contribution in [2.75, 3.05) is 13.7 Å². The molecular formula is C21H31NO6. The van der Waals surface area contributed by atoms with Gasteiger partial charge in [0.15, 0.2) is 0 Å². The number of hydrogen-bond donors (Lipinski definition) is 0. The predicted molar refractivity (Wildman–Crippen MR) is 107 cm³/mol. The van der Waals surface area contributed by atoms with Gasteiger partial charge < -0.3 is 14.2 Å². The first-order valence-electron chi connectivity index (χ1n) is 9.04. The first-order chi connectivity index (χ1) is 12.8. The van der Waals surface area contributed by atoms with Crippen molar-refractivity contribution in [1.29, 1.82) is 0 Å². The Morgan fingerprint density at radius 1 is 1.00 bits per heavy atom. The van der Waals surface area contributed by atoms with Crippen LogP contribution in [0.2, 0.25) is 0 Å². The van der Waals surface area contributed by atoms with Crippen molar-refractivity contribution in [3.8, 4) is 5.75 Å². The molecule has 28 heavy (non-hydrogen) atoms. The van der Waals surface area contributed by atoms with Crippen LogP contribution in [-0.2, 0) is 14.3 Å². The van der Waals surface area contributed by atoms with Crippen LogP contribution in [-0.4, -0.2) is 42.2 Å². The van der Waals surface area contributed by atoms with E-state index >= 15 is 0 Å². The SMILES string of the molecule is COc1ccccc1/C(C)=C/CN(OC(=O)OC(C)(C)C)C(=O)OC(C)(C)C. The number of hydroxylamine groups is 2. The number of para-hydroxylation sites is 1. The topological polar surface area (TPSA) is 74.3 Å². The molecule has 0 radical (unpaired) electrons. The minimum absolute atomic E-state index is 0.0158. The quantitative estimate of drug-likeness (QED) is 0.517. The van der Waals surface area contributed by atoms with Crippen molar-refractivity contribution >= 4 is 17.8 Å². The third kappa shape index (κ3) is 8.33. The summed E-state index contributed by atoms with van der Waals surface area (Å²) in [5.74, 6) is 0.702. The highest BCUT2D eigenvalue weighted by Crippen LogP contribution is 2.25. The van der Waals surface area contributed by atoms with Crippen molar-refractivity contribution in [3.05, 3.63) is 35.9 Å². The molecule has 0 heterocycles. The molecule has 0 atom stereocenters. The second-order valence-corrected chi connectivity index (χ2v) is 8.18. The standard InChI is InChI=1S/C21H31NO6/c1-15(16-11-9-10-12-17(16)25-8)13-14-22(18(23)26-20(2,3)4)28-19(24)27-21(5,6)7/h9-13H,14H2,1-8H3/b15-13+. The van der Waals surface area contributed by atoms with Gasteiger partial charge >= 0.3 is 12.2 Å². The van der Waals surface area contributed by atoms with Gasteiger partial charge in [0.25, 0.3) is 0 Å². The van der Waals surface area contributed by atoms with Gasteiger partial charge in [0.2, 0.25) is 0 Å². The second kappa shape index (κ2) is 9.48. The van der Waals surface area contributed by atoms with Crippen LogP contribution in [0.1, 0.15) is 54.0 Å². The van der Waals surface area contributed by atoms with Gasteiger partial charge in [-0.25, -0.2) is 9.59 Å². The molecule has 1 aromatic rings. The molecule has 0 aliphatic carbocycles. The molecule has 1 amide bonds. The molecule has 0 N–H and O–H groups in total. The summed E-state index contributed by atoms with van der Waals surface area (Å²) < 4.78 is 15.8. The number of ether oxygens (including phenoxy) is 3. The number of benzene rings is 1. The number of carbonyl (C=O) groups is 2. The fourth-order valence-electron chi connectivity index (χ4n) is 2.12. The molecule has 0 saturated heterocycles. The summed E-state index contributed by atoms with van der Waals surface area (Å²) >= 11 is 0. The molecule has 0 spiro atoms. The van der Waals surface area contributed by atoms with E-state index in [0.717, 1.165) is 16.2 Å². The first kappa shape index (κ1) is 23.3. The molecule has 1 aromatic carbocycles. The molecule has 1 rings (SSSR count). The molecule has 0 aliphatic rings. The lowest BCUT2D eigenvalue weighted by atomic mass is 10.1. The lowest BCUT2D eigenvalue weighted by molar-refractivity contribution is -0.130. The zero-order valence-corrected chi connectivity index (χ0v) is 18.0. The molecule has 0 aliphatic heterocycles. The van der Waals surface area contributed by atoms with Crippen LogP contribution in [0.15, 0.2) is 30.3 Å². The Morgan fingerprint density at radius 3 is 2.11 bits per heavy atom. The predicted octanol–water partition coefficient (Wildman–Crippen LogP) is 5.20. The summed E-state index contributed by atoms with van der Waals surface area (Å²) in [6.07, 6.45) is -0.0317. The van der Waals surface area contributed by atoms with Gasteiger partial charge in [-0.05, 0) is 60.1 Å². The van der Waals surface area contributed by atoms with Gasteiger partial charge in [0.05, 0.1) is 13.7 Å². The van der Waals surface area contributed by atoms with Gasteiger partial charge in [0, 0.05) is 5.56 Å². The van der Waals surface area contributed by atoms with E-state index in [0.29, 0.717) is 5.75 Å². The largest absolute Gasteiger partial charge is 0.534 e. The van der Waals surface area contributed by atoms with Crippen LogP contribution in [0.4, 0.5) is 9.59 Å². The Kier molecular flexibility index (Phi) is 7.90. The number of hydrogen-bond acceptors (Lipinski definition) is 6. The Labute approximate surface area is 167 Å². The summed E-state index contributed by atoms with van der Waals surface area (Å²) in [5.41, 5.74) is 0.221. The zero-order chi connectivity index (χ0) is 21.5. The van der Waals surface area contributed by atoms with Crippen LogP contribution in [0.25, 0.3) is 5.57 Å². The van der Waals surface area contributed by atoms with E-state index in [1.165, 1.54) is 0 Å². The fraction of sp³-hybridized carbons (Fsp3) is 0.524. The molecule has 7 heteroatoms. The number of nitrogens with zero attached hydrogens (tertiary/aromatic N) is 1. The van der Waals surface area contributed by atoms with Gasteiger partial charge in [-0.2, -0.15) is 0 Å². The minimum Gasteiger partial charge on any atom is -0.496 e. The lowest BCUT2D eigenvalue weighted by Gasteiger charge is -2.26. The van der Waals surface area contributed by atoms with Gasteiger partial charge in [0.1, 0.15) is 17.0 Å². The Hall–Kier alpha value is -2.70. The summed E-state index contributed by atoms with van der Waals surface area (Å²) in [5, 5.41) is 0.832. The van der Waals surface area contributed by atoms with E-state index in [1.807, 2.05) is 31.2 Å². The third-order valence-electron chi connectivity index (χ3n) is 3.27. The monoisotopic (exact) mass is 393 g/mol. The maximum absolute atomic E-state index is 12.4. The molecule has 156 valence electrons. The van der Waals surface area contributed by atoms with E-state index in [4.69, 9.17) is 19.0 Å². The van der Waals surface area contributed by atoms with E-state index in [2.05, 4.69) is 0 Å². The van der Waals surface area contributed by atoms with Crippen molar-refractivity contribution in [3.63, 3.8) is 0 Å². The summed E-state index contributed by atoms with van der Waals surface area (Å²) in [6.45, 7) is 12.2. The fourth-order valence-corrected chi connectivity index (χ4v) is 2.12. The van der Waals surface area contributed by atoms with E-state index in [1.54, 1.807) is 54.7 Å². The molecule has 0 bridgehead atoms. The van der Waals surface area contributed by atoms with Crippen molar-refractivity contribution < 1.29 is 28.6 Å². The van der Waals surface area contributed by atoms with Crippen LogP contribution >= 0.6 is 0 Å². The normalized spacial score (nSPS) is 12.2. The highest BCUT2D eigenvalue weighted by molar-refractivity contribution is 5.72. The van der Waals surface area contributed by atoms with Crippen molar-refractivity contribution in [2.45, 2.75) is 59.7 Å². The molecule has 0 fully saturated rings. The molecule has 0 aromatic heterocycles. The Balaban J connectivity index is 3.01. The highest BCUT2D eigenvalue weighted by Gasteiger charge is 2.27. The lowest BCUT2D eigenvalue weighted by Crippen LogP contribution is -2.39. The number of allylic oxidation sites excluding steroid dienone is 1. The summed E-state index contributed by atoms with van der Waals surface area (Å²) in [7, 11) is 1.59. The number of carbonyl (C=O) groups excluding carboxylic acids is 2. The maximum atomic E-state index is 12.4. The third-order valence-corrected chi connectivity index (χ3v) is 3.27. The van der Waals surface area contributed by atoms with Gasteiger partial charge in [-0.3, -0.25) is 4.84 Å². The molecule has 0 saturated carbocycles. The van der Waals surface area contributed by atoms with Crippen LogP contribution < -0.4 is 4.74 Å². The molecule has 7 nitrogen and oxygen atoms in total. The summed E-state index contributed by atoms with van der Waals surface area (Å²) in [4.78, 5) is 29.6. The van der Waals surface area contributed by atoms with Crippen LogP contribution in [0.3, 0.4) is 0 Å². The first-order valence-corrected chi connectivity index (χ1v) is 9.04. The van der Waals surface area contributed by atoms with Crippen molar-refractivity contribution in [1.82, 2.24) is 5.06 Å². The molecular weight excluding hydrogens is 362 g/mol. The molecule has 0 unspecified atom stereocenters. The number of rotatable bonds is 4. The van der Waals surface area contributed by atoms with E-state index < -0.39 is 23.5 Å². The van der Waals surface area contributed by atoms with E-state index in [-0.39, 0.29) is 6.54 Å². The smallest absolute Gasteiger partial charge is 0.496 e. The summed E-state index contributed by atoms with van der Waals surface area (Å²) in [6, 6.07) is 7.50. The Bertz CT molecular complexity index is 712. The average Bonchev–Trinajstić information content (AvgIpc) is 2.54. The highest BCUT2D eigenvalue weighted by atomic mass is 16.8. The zero-order valence-electron chi connectivity index (χ0n) is 18.0. The van der Waals surface area contributed by atoms with Crippen molar-refractivity contribution in [2.24, 2.45) is 0 Å². The Morgan fingerprint density at radius 2 is 1.57 bits per heavy atom. The number of methoxy groups -OCH3 is 1. The van der Waals surface area contributed by atoms with Gasteiger partial charge in [-0.15, -0.1) is 5.06 Å². The van der Waals surface area contributed by atoms with Crippen LogP contribution in [0, 0.1) is 0 Å². The second-order valence-electron chi connectivity index (χ2n) is 8.18.